The highest BCUT2D eigenvalue weighted by atomic mass is 32.2. The van der Waals surface area contributed by atoms with Crippen LogP contribution in [-0.4, -0.2) is 77.0 Å². The van der Waals surface area contributed by atoms with Gasteiger partial charge in [-0.1, -0.05) is 0 Å². The molecule has 0 bridgehead atoms. The number of carbonyl (C=O) groups is 3. The first kappa shape index (κ1) is 25.1. The predicted molar refractivity (Wildman–Crippen MR) is 118 cm³/mol. The van der Waals surface area contributed by atoms with Crippen molar-refractivity contribution in [3.05, 3.63) is 53.6 Å². The van der Waals surface area contributed by atoms with Gasteiger partial charge in [0.1, 0.15) is 0 Å². The predicted octanol–water partition coefficient (Wildman–Crippen LogP) is 0.620. The molecule has 3 rings (SSSR count). The van der Waals surface area contributed by atoms with E-state index < -0.39 is 34.3 Å². The van der Waals surface area contributed by atoms with Gasteiger partial charge in [0.05, 0.1) is 30.8 Å². The van der Waals surface area contributed by atoms with Gasteiger partial charge in [0, 0.05) is 18.7 Å². The maximum Gasteiger partial charge on any atom is 0.338 e. The Labute approximate surface area is 196 Å². The van der Waals surface area contributed by atoms with Crippen LogP contribution in [0, 0.1) is 0 Å². The van der Waals surface area contributed by atoms with E-state index in [9.17, 15) is 22.8 Å². The van der Waals surface area contributed by atoms with E-state index in [1.165, 1.54) is 53.9 Å². The molecule has 0 aromatic heterocycles. The van der Waals surface area contributed by atoms with Crippen molar-refractivity contribution in [3.63, 3.8) is 0 Å². The summed E-state index contributed by atoms with van der Waals surface area (Å²) in [6, 6.07) is 9.57. The minimum atomic E-state index is -3.68. The summed E-state index contributed by atoms with van der Waals surface area (Å²) in [5.74, 6) is -1.56. The standard InChI is InChI=1S/C22H24N2O9S/c1-30-20-12-16(4-7-19(20)32-14-21(23)26)22(27)33-13-18(25)15-2-5-17(6-3-15)34(28,29)24-8-10-31-11-9-24/h2-7,12H,8-11,13-14H2,1H3,(H2,23,26). The van der Waals surface area contributed by atoms with Crippen molar-refractivity contribution < 1.29 is 41.7 Å². The SMILES string of the molecule is COc1cc(C(=O)OCC(=O)c2ccc(S(=O)(=O)N3CCOCC3)cc2)ccc1OCC(N)=O. The van der Waals surface area contributed by atoms with Crippen molar-refractivity contribution in [2.75, 3.05) is 46.6 Å². The molecule has 34 heavy (non-hydrogen) atoms. The number of methoxy groups -OCH3 is 1. The summed E-state index contributed by atoms with van der Waals surface area (Å²) in [6.07, 6.45) is 0. The number of carbonyl (C=O) groups excluding carboxylic acids is 3. The first-order chi connectivity index (χ1) is 16.2. The molecular weight excluding hydrogens is 468 g/mol. The number of nitrogens with zero attached hydrogens (tertiary/aromatic N) is 1. The molecule has 0 atom stereocenters. The number of Topliss-reactive ketones (excluding diaryl/α,β-unsaturated/α-hetero) is 1. The van der Waals surface area contributed by atoms with Gasteiger partial charge in [-0.15, -0.1) is 0 Å². The Kier molecular flexibility index (Phi) is 8.21. The van der Waals surface area contributed by atoms with E-state index >= 15 is 0 Å². The van der Waals surface area contributed by atoms with E-state index in [1.54, 1.807) is 0 Å². The molecule has 0 radical (unpaired) electrons. The van der Waals surface area contributed by atoms with Crippen LogP contribution in [0.4, 0.5) is 0 Å². The minimum Gasteiger partial charge on any atom is -0.493 e. The van der Waals surface area contributed by atoms with Crippen molar-refractivity contribution in [1.82, 2.24) is 4.31 Å². The monoisotopic (exact) mass is 492 g/mol. The summed E-state index contributed by atoms with van der Waals surface area (Å²) in [7, 11) is -2.32. The molecule has 0 aliphatic carbocycles. The summed E-state index contributed by atoms with van der Waals surface area (Å²) >= 11 is 0. The van der Waals surface area contributed by atoms with E-state index in [2.05, 4.69) is 0 Å². The van der Waals surface area contributed by atoms with Gasteiger partial charge < -0.3 is 24.7 Å². The second kappa shape index (κ2) is 11.1. The van der Waals surface area contributed by atoms with Crippen LogP contribution < -0.4 is 15.2 Å². The van der Waals surface area contributed by atoms with Crippen LogP contribution >= 0.6 is 0 Å². The van der Waals surface area contributed by atoms with Crippen LogP contribution in [0.1, 0.15) is 20.7 Å². The van der Waals surface area contributed by atoms with Gasteiger partial charge in [-0.2, -0.15) is 4.31 Å². The number of rotatable bonds is 10. The zero-order chi connectivity index (χ0) is 24.7. The third-order valence-corrected chi connectivity index (χ3v) is 6.80. The molecule has 1 fully saturated rings. The molecule has 1 aliphatic heterocycles. The van der Waals surface area contributed by atoms with Crippen LogP contribution in [0.2, 0.25) is 0 Å². The van der Waals surface area contributed by atoms with Crippen LogP contribution in [-0.2, 0) is 24.3 Å². The number of esters is 1. The molecule has 0 spiro atoms. The summed E-state index contributed by atoms with van der Waals surface area (Å²) in [5.41, 5.74) is 5.34. The van der Waals surface area contributed by atoms with Gasteiger partial charge in [0.15, 0.2) is 30.5 Å². The van der Waals surface area contributed by atoms with Gasteiger partial charge in [0.25, 0.3) is 5.91 Å². The van der Waals surface area contributed by atoms with Crippen LogP contribution in [0.25, 0.3) is 0 Å². The minimum absolute atomic E-state index is 0.0636. The Morgan fingerprint density at radius 1 is 0.971 bits per heavy atom. The highest BCUT2D eigenvalue weighted by Gasteiger charge is 2.26. The fraction of sp³-hybridized carbons (Fsp3) is 0.318. The fourth-order valence-corrected chi connectivity index (χ4v) is 4.52. The smallest absolute Gasteiger partial charge is 0.338 e. The van der Waals surface area contributed by atoms with Crippen LogP contribution in [0.3, 0.4) is 0 Å². The number of benzene rings is 2. The number of nitrogens with two attached hydrogens (primary N) is 1. The Morgan fingerprint density at radius 2 is 1.62 bits per heavy atom. The molecule has 2 aromatic carbocycles. The summed E-state index contributed by atoms with van der Waals surface area (Å²) < 4.78 is 47.2. The second-order valence-electron chi connectivity index (χ2n) is 7.16. The largest absolute Gasteiger partial charge is 0.493 e. The molecule has 0 unspecified atom stereocenters. The lowest BCUT2D eigenvalue weighted by molar-refractivity contribution is -0.119. The maximum absolute atomic E-state index is 12.7. The number of hydrogen-bond acceptors (Lipinski definition) is 9. The summed E-state index contributed by atoms with van der Waals surface area (Å²) in [6.45, 7) is 0.286. The average Bonchev–Trinajstić information content (AvgIpc) is 2.86. The molecule has 182 valence electrons. The van der Waals surface area contributed by atoms with Gasteiger partial charge >= 0.3 is 5.97 Å². The van der Waals surface area contributed by atoms with Crippen molar-refractivity contribution in [3.8, 4) is 11.5 Å². The van der Waals surface area contributed by atoms with Crippen LogP contribution in [0.5, 0.6) is 11.5 Å². The maximum atomic E-state index is 12.7. The average molecular weight is 493 g/mol. The molecule has 1 heterocycles. The number of ketones is 1. The quantitative estimate of drug-likeness (QED) is 0.372. The lowest BCUT2D eigenvalue weighted by atomic mass is 10.1. The van der Waals surface area contributed by atoms with Gasteiger partial charge in [-0.25, -0.2) is 13.2 Å². The number of hydrogen-bond donors (Lipinski definition) is 1. The summed E-state index contributed by atoms with van der Waals surface area (Å²) in [4.78, 5) is 35.7. The normalized spacial score (nSPS) is 14.3. The second-order valence-corrected chi connectivity index (χ2v) is 9.10. The highest BCUT2D eigenvalue weighted by Crippen LogP contribution is 2.28. The van der Waals surface area contributed by atoms with E-state index in [0.29, 0.717) is 13.2 Å². The van der Waals surface area contributed by atoms with Gasteiger partial charge in [-0.3, -0.25) is 9.59 Å². The van der Waals surface area contributed by atoms with Gasteiger partial charge in [-0.05, 0) is 42.5 Å². The number of primary amides is 1. The third kappa shape index (κ3) is 6.10. The van der Waals surface area contributed by atoms with E-state index in [4.69, 9.17) is 24.7 Å². The lowest BCUT2D eigenvalue weighted by Gasteiger charge is -2.26. The summed E-state index contributed by atoms with van der Waals surface area (Å²) in [5, 5.41) is 0. The van der Waals surface area contributed by atoms with Crippen molar-refractivity contribution >= 4 is 27.7 Å². The Balaban J connectivity index is 1.61. The van der Waals surface area contributed by atoms with Crippen molar-refractivity contribution in [2.45, 2.75) is 4.90 Å². The molecule has 0 saturated carbocycles. The molecular formula is C22H24N2O9S. The first-order valence-electron chi connectivity index (χ1n) is 10.2. The van der Waals surface area contributed by atoms with E-state index in [1.807, 2.05) is 0 Å². The number of ether oxygens (including phenoxy) is 4. The zero-order valence-electron chi connectivity index (χ0n) is 18.4. The van der Waals surface area contributed by atoms with E-state index in [0.717, 1.165) is 0 Å². The highest BCUT2D eigenvalue weighted by molar-refractivity contribution is 7.89. The van der Waals surface area contributed by atoms with Crippen molar-refractivity contribution in [1.29, 1.82) is 0 Å². The van der Waals surface area contributed by atoms with Gasteiger partial charge in [0.2, 0.25) is 10.0 Å². The molecule has 2 aromatic rings. The Morgan fingerprint density at radius 3 is 2.24 bits per heavy atom. The number of amides is 1. The Hall–Kier alpha value is -3.48. The third-order valence-electron chi connectivity index (χ3n) is 4.89. The zero-order valence-corrected chi connectivity index (χ0v) is 19.2. The molecule has 2 N–H and O–H groups in total. The molecule has 12 heteroatoms. The molecule has 1 saturated heterocycles. The van der Waals surface area contributed by atoms with E-state index in [-0.39, 0.29) is 47.2 Å². The first-order valence-corrected chi connectivity index (χ1v) is 11.6. The lowest BCUT2D eigenvalue weighted by Crippen LogP contribution is -2.40. The number of morpholine rings is 1. The topological polar surface area (TPSA) is 152 Å². The molecule has 1 aliphatic rings. The molecule has 1 amide bonds. The van der Waals surface area contributed by atoms with Crippen molar-refractivity contribution in [2.24, 2.45) is 5.73 Å². The Bertz CT molecular complexity index is 1160. The fourth-order valence-electron chi connectivity index (χ4n) is 3.11. The van der Waals surface area contributed by atoms with Crippen LogP contribution in [0.15, 0.2) is 47.4 Å². The number of sulfonamides is 1. The molecule has 11 nitrogen and oxygen atoms in total.